The molecule has 1 atom stereocenters. The van der Waals surface area contributed by atoms with Crippen LogP contribution in [0.5, 0.6) is 0 Å². The third-order valence-electron chi connectivity index (χ3n) is 2.03. The van der Waals surface area contributed by atoms with E-state index in [1.165, 1.54) is 0 Å². The van der Waals surface area contributed by atoms with Crippen molar-refractivity contribution in [2.45, 2.75) is 46.1 Å². The first kappa shape index (κ1) is 14.2. The number of hydrogen-bond acceptors (Lipinski definition) is 3. The molecule has 0 aliphatic carbocycles. The molecule has 0 spiro atoms. The molecule has 0 aromatic carbocycles. The van der Waals surface area contributed by atoms with Gasteiger partial charge in [-0.25, -0.2) is 4.79 Å². The van der Waals surface area contributed by atoms with Gasteiger partial charge in [0.1, 0.15) is 0 Å². The Morgan fingerprint density at radius 2 is 2.00 bits per heavy atom. The molecule has 0 amide bonds. The molecule has 15 heavy (non-hydrogen) atoms. The zero-order valence-corrected chi connectivity index (χ0v) is 10.0. The largest absolute Gasteiger partial charge is 0.462 e. The summed E-state index contributed by atoms with van der Waals surface area (Å²) >= 11 is 0. The standard InChI is InChI=1S/C12H22O3/c1-5-7-11(14-6-2)8-9-15-12(13)10(3)4/h11H,3,5-9H2,1-2,4H3. The van der Waals surface area contributed by atoms with Crippen LogP contribution in [0.2, 0.25) is 0 Å². The van der Waals surface area contributed by atoms with Gasteiger partial charge in [-0.2, -0.15) is 0 Å². The predicted octanol–water partition coefficient (Wildman–Crippen LogP) is 2.70. The van der Waals surface area contributed by atoms with E-state index < -0.39 is 0 Å². The number of hydrogen-bond donors (Lipinski definition) is 0. The zero-order valence-electron chi connectivity index (χ0n) is 10.0. The van der Waals surface area contributed by atoms with Crippen molar-refractivity contribution >= 4 is 5.97 Å². The van der Waals surface area contributed by atoms with Gasteiger partial charge in [0, 0.05) is 18.6 Å². The average Bonchev–Trinajstić information content (AvgIpc) is 2.18. The Labute approximate surface area is 92.5 Å². The highest BCUT2D eigenvalue weighted by molar-refractivity contribution is 5.86. The Hall–Kier alpha value is -0.830. The SMILES string of the molecule is C=C(C)C(=O)OCCC(CCC)OCC. The highest BCUT2D eigenvalue weighted by atomic mass is 16.5. The van der Waals surface area contributed by atoms with E-state index in [9.17, 15) is 4.79 Å². The summed E-state index contributed by atoms with van der Waals surface area (Å²) in [5.74, 6) is -0.318. The molecule has 0 aromatic rings. The Balaban J connectivity index is 3.69. The fourth-order valence-corrected chi connectivity index (χ4v) is 1.27. The summed E-state index contributed by atoms with van der Waals surface area (Å²) in [4.78, 5) is 11.1. The lowest BCUT2D eigenvalue weighted by Gasteiger charge is -2.15. The molecular formula is C12H22O3. The van der Waals surface area contributed by atoms with Crippen LogP contribution in [0.3, 0.4) is 0 Å². The molecule has 0 saturated carbocycles. The van der Waals surface area contributed by atoms with Crippen LogP contribution < -0.4 is 0 Å². The molecular weight excluding hydrogens is 192 g/mol. The van der Waals surface area contributed by atoms with Crippen molar-refractivity contribution in [2.24, 2.45) is 0 Å². The van der Waals surface area contributed by atoms with Crippen molar-refractivity contribution in [1.82, 2.24) is 0 Å². The van der Waals surface area contributed by atoms with Crippen molar-refractivity contribution in [3.8, 4) is 0 Å². The molecule has 0 N–H and O–H groups in total. The number of esters is 1. The summed E-state index contributed by atoms with van der Waals surface area (Å²) in [7, 11) is 0. The number of carbonyl (C=O) groups excluding carboxylic acids is 1. The van der Waals surface area contributed by atoms with Gasteiger partial charge in [0.2, 0.25) is 0 Å². The van der Waals surface area contributed by atoms with E-state index >= 15 is 0 Å². The van der Waals surface area contributed by atoms with Crippen molar-refractivity contribution in [3.05, 3.63) is 12.2 Å². The Kier molecular flexibility index (Phi) is 8.01. The van der Waals surface area contributed by atoms with E-state index in [2.05, 4.69) is 13.5 Å². The quantitative estimate of drug-likeness (QED) is 0.460. The smallest absolute Gasteiger partial charge is 0.333 e. The molecule has 0 rings (SSSR count). The van der Waals surface area contributed by atoms with Gasteiger partial charge in [-0.15, -0.1) is 0 Å². The van der Waals surface area contributed by atoms with Gasteiger partial charge in [-0.1, -0.05) is 19.9 Å². The Morgan fingerprint density at radius 1 is 1.33 bits per heavy atom. The number of rotatable bonds is 8. The van der Waals surface area contributed by atoms with Crippen molar-refractivity contribution in [2.75, 3.05) is 13.2 Å². The topological polar surface area (TPSA) is 35.5 Å². The van der Waals surface area contributed by atoms with E-state index in [1.54, 1.807) is 6.92 Å². The lowest BCUT2D eigenvalue weighted by atomic mass is 10.1. The van der Waals surface area contributed by atoms with Crippen molar-refractivity contribution in [3.63, 3.8) is 0 Å². The summed E-state index contributed by atoms with van der Waals surface area (Å²) in [6, 6.07) is 0. The minimum absolute atomic E-state index is 0.206. The van der Waals surface area contributed by atoms with Crippen molar-refractivity contribution < 1.29 is 14.3 Å². The van der Waals surface area contributed by atoms with Crippen LogP contribution >= 0.6 is 0 Å². The second-order valence-corrected chi connectivity index (χ2v) is 3.57. The van der Waals surface area contributed by atoms with Gasteiger partial charge in [0.05, 0.1) is 12.7 Å². The highest BCUT2D eigenvalue weighted by Gasteiger charge is 2.09. The van der Waals surface area contributed by atoms with Crippen LogP contribution in [0, 0.1) is 0 Å². The van der Waals surface area contributed by atoms with E-state index in [1.807, 2.05) is 6.92 Å². The molecule has 0 bridgehead atoms. The third kappa shape index (κ3) is 7.14. The highest BCUT2D eigenvalue weighted by Crippen LogP contribution is 2.07. The van der Waals surface area contributed by atoms with Gasteiger partial charge in [0.25, 0.3) is 0 Å². The summed E-state index contributed by atoms with van der Waals surface area (Å²) in [5, 5.41) is 0. The van der Waals surface area contributed by atoms with Gasteiger partial charge in [-0.05, 0) is 20.3 Å². The maximum Gasteiger partial charge on any atom is 0.333 e. The zero-order chi connectivity index (χ0) is 11.7. The van der Waals surface area contributed by atoms with Gasteiger partial charge >= 0.3 is 5.97 Å². The Morgan fingerprint density at radius 3 is 2.47 bits per heavy atom. The molecule has 0 radical (unpaired) electrons. The predicted molar refractivity (Wildman–Crippen MR) is 60.7 cm³/mol. The number of ether oxygens (including phenoxy) is 2. The monoisotopic (exact) mass is 214 g/mol. The minimum Gasteiger partial charge on any atom is -0.462 e. The van der Waals surface area contributed by atoms with Gasteiger partial charge < -0.3 is 9.47 Å². The molecule has 88 valence electrons. The Bertz CT molecular complexity index is 193. The number of carbonyl (C=O) groups is 1. The first-order valence-electron chi connectivity index (χ1n) is 5.56. The van der Waals surface area contributed by atoms with Crippen LogP contribution in [0.4, 0.5) is 0 Å². The second-order valence-electron chi connectivity index (χ2n) is 3.57. The van der Waals surface area contributed by atoms with E-state index in [0.717, 1.165) is 19.3 Å². The lowest BCUT2D eigenvalue weighted by Crippen LogP contribution is -2.17. The fourth-order valence-electron chi connectivity index (χ4n) is 1.27. The molecule has 3 heteroatoms. The summed E-state index contributed by atoms with van der Waals surface area (Å²) in [5.41, 5.74) is 0.443. The van der Waals surface area contributed by atoms with E-state index in [-0.39, 0.29) is 12.1 Å². The molecule has 3 nitrogen and oxygen atoms in total. The summed E-state index contributed by atoms with van der Waals surface area (Å²) < 4.78 is 10.5. The molecule has 0 aliphatic heterocycles. The van der Waals surface area contributed by atoms with E-state index in [0.29, 0.717) is 18.8 Å². The molecule has 0 heterocycles. The van der Waals surface area contributed by atoms with Crippen LogP contribution in [-0.4, -0.2) is 25.3 Å². The molecule has 0 saturated heterocycles. The average molecular weight is 214 g/mol. The van der Waals surface area contributed by atoms with Crippen LogP contribution in [0.1, 0.15) is 40.0 Å². The molecule has 0 fully saturated rings. The summed E-state index contributed by atoms with van der Waals surface area (Å²) in [6.45, 7) is 10.4. The first-order chi connectivity index (χ1) is 7.11. The first-order valence-corrected chi connectivity index (χ1v) is 5.56. The van der Waals surface area contributed by atoms with Crippen molar-refractivity contribution in [1.29, 1.82) is 0 Å². The molecule has 0 aromatic heterocycles. The molecule has 0 aliphatic rings. The lowest BCUT2D eigenvalue weighted by molar-refractivity contribution is -0.139. The van der Waals surface area contributed by atoms with Crippen LogP contribution in [-0.2, 0) is 14.3 Å². The fraction of sp³-hybridized carbons (Fsp3) is 0.750. The maximum atomic E-state index is 11.1. The van der Waals surface area contributed by atoms with E-state index in [4.69, 9.17) is 9.47 Å². The van der Waals surface area contributed by atoms with Gasteiger partial charge in [0.15, 0.2) is 0 Å². The van der Waals surface area contributed by atoms with Crippen LogP contribution in [0.25, 0.3) is 0 Å². The summed E-state index contributed by atoms with van der Waals surface area (Å²) in [6.07, 6.45) is 3.07. The second kappa shape index (κ2) is 8.48. The minimum atomic E-state index is -0.318. The third-order valence-corrected chi connectivity index (χ3v) is 2.03. The normalized spacial score (nSPS) is 12.2. The molecule has 1 unspecified atom stereocenters. The van der Waals surface area contributed by atoms with Crippen LogP contribution in [0.15, 0.2) is 12.2 Å². The van der Waals surface area contributed by atoms with Gasteiger partial charge in [-0.3, -0.25) is 0 Å². The maximum absolute atomic E-state index is 11.1.